The fraction of sp³-hybridized carbons (Fsp3) is 0.667. The van der Waals surface area contributed by atoms with Crippen LogP contribution in [-0.2, 0) is 0 Å². The van der Waals surface area contributed by atoms with E-state index >= 15 is 0 Å². The van der Waals surface area contributed by atoms with Crippen LogP contribution in [0, 0.1) is 12.8 Å². The quantitative estimate of drug-likeness (QED) is 0.800. The van der Waals surface area contributed by atoms with E-state index in [4.69, 9.17) is 4.74 Å². The predicted octanol–water partition coefficient (Wildman–Crippen LogP) is 4.32. The van der Waals surface area contributed by atoms with Crippen molar-refractivity contribution in [1.82, 2.24) is 5.32 Å². The van der Waals surface area contributed by atoms with Gasteiger partial charge in [-0.2, -0.15) is 0 Å². The molecule has 1 atom stereocenters. The zero-order valence-electron chi connectivity index (χ0n) is 13.0. The number of hydrogen-bond acceptors (Lipinski definition) is 2. The molecule has 0 heterocycles. The molecule has 0 saturated heterocycles. The van der Waals surface area contributed by atoms with Gasteiger partial charge in [0.15, 0.2) is 0 Å². The van der Waals surface area contributed by atoms with Gasteiger partial charge in [0.1, 0.15) is 12.4 Å². The average Bonchev–Trinajstić information content (AvgIpc) is 2.48. The standard InChI is InChI=1S/C18H29NO/c1-3-12-19-18(16-9-5-4-6-10-16)14-20-17-11-7-8-15(2)13-17/h7-8,11,13,16,18-19H,3-6,9-10,12,14H2,1-2H3. The third kappa shape index (κ3) is 4.82. The van der Waals surface area contributed by atoms with Crippen molar-refractivity contribution >= 4 is 0 Å². The van der Waals surface area contributed by atoms with Crippen LogP contribution in [0.25, 0.3) is 0 Å². The van der Waals surface area contributed by atoms with Crippen molar-refractivity contribution in [3.8, 4) is 5.75 Å². The van der Waals surface area contributed by atoms with Gasteiger partial charge < -0.3 is 10.1 Å². The Balaban J connectivity index is 1.89. The monoisotopic (exact) mass is 275 g/mol. The van der Waals surface area contributed by atoms with Crippen molar-refractivity contribution in [1.29, 1.82) is 0 Å². The molecule has 1 N–H and O–H groups in total. The second-order valence-corrected chi connectivity index (χ2v) is 6.09. The smallest absolute Gasteiger partial charge is 0.119 e. The fourth-order valence-corrected chi connectivity index (χ4v) is 3.12. The summed E-state index contributed by atoms with van der Waals surface area (Å²) in [5.41, 5.74) is 1.26. The summed E-state index contributed by atoms with van der Waals surface area (Å²) in [5.74, 6) is 1.80. The zero-order chi connectivity index (χ0) is 14.2. The Hall–Kier alpha value is -1.02. The maximum absolute atomic E-state index is 6.04. The molecule has 2 heteroatoms. The van der Waals surface area contributed by atoms with Crippen LogP contribution in [-0.4, -0.2) is 19.2 Å². The maximum atomic E-state index is 6.04. The lowest BCUT2D eigenvalue weighted by atomic mass is 9.84. The summed E-state index contributed by atoms with van der Waals surface area (Å²) in [6, 6.07) is 8.87. The van der Waals surface area contributed by atoms with Gasteiger partial charge in [-0.05, 0) is 56.3 Å². The van der Waals surface area contributed by atoms with Crippen LogP contribution in [0.15, 0.2) is 24.3 Å². The van der Waals surface area contributed by atoms with Crippen LogP contribution in [0.4, 0.5) is 0 Å². The first-order valence-electron chi connectivity index (χ1n) is 8.22. The van der Waals surface area contributed by atoms with E-state index < -0.39 is 0 Å². The van der Waals surface area contributed by atoms with Crippen molar-refractivity contribution in [3.63, 3.8) is 0 Å². The average molecular weight is 275 g/mol. The van der Waals surface area contributed by atoms with Gasteiger partial charge in [0, 0.05) is 6.04 Å². The lowest BCUT2D eigenvalue weighted by Crippen LogP contribution is -2.42. The van der Waals surface area contributed by atoms with Crippen molar-refractivity contribution in [3.05, 3.63) is 29.8 Å². The highest BCUT2D eigenvalue weighted by Gasteiger charge is 2.23. The van der Waals surface area contributed by atoms with Gasteiger partial charge in [0.25, 0.3) is 0 Å². The summed E-state index contributed by atoms with van der Waals surface area (Å²) >= 11 is 0. The molecule has 0 bridgehead atoms. The van der Waals surface area contributed by atoms with Crippen LogP contribution < -0.4 is 10.1 Å². The normalized spacial score (nSPS) is 17.9. The highest BCUT2D eigenvalue weighted by atomic mass is 16.5. The van der Waals surface area contributed by atoms with Crippen LogP contribution in [0.5, 0.6) is 5.75 Å². The van der Waals surface area contributed by atoms with Crippen LogP contribution in [0.1, 0.15) is 51.0 Å². The van der Waals surface area contributed by atoms with Gasteiger partial charge in [0.2, 0.25) is 0 Å². The minimum atomic E-state index is 0.510. The molecule has 1 aromatic rings. The minimum absolute atomic E-state index is 0.510. The van der Waals surface area contributed by atoms with Crippen LogP contribution >= 0.6 is 0 Å². The van der Waals surface area contributed by atoms with E-state index in [0.29, 0.717) is 6.04 Å². The highest BCUT2D eigenvalue weighted by molar-refractivity contribution is 5.27. The molecule has 2 nitrogen and oxygen atoms in total. The third-order valence-corrected chi connectivity index (χ3v) is 4.29. The van der Waals surface area contributed by atoms with Crippen molar-refractivity contribution in [2.24, 2.45) is 5.92 Å². The van der Waals surface area contributed by atoms with E-state index in [2.05, 4.69) is 43.4 Å². The molecule has 0 radical (unpaired) electrons. The number of ether oxygens (including phenoxy) is 1. The van der Waals surface area contributed by atoms with Gasteiger partial charge in [-0.1, -0.05) is 38.3 Å². The largest absolute Gasteiger partial charge is 0.492 e. The summed E-state index contributed by atoms with van der Waals surface area (Å²) in [7, 11) is 0. The van der Waals surface area contributed by atoms with Crippen LogP contribution in [0.3, 0.4) is 0 Å². The molecule has 0 amide bonds. The minimum Gasteiger partial charge on any atom is -0.492 e. The SMILES string of the molecule is CCCNC(COc1cccc(C)c1)C1CCCCC1. The van der Waals surface area contributed by atoms with E-state index in [9.17, 15) is 0 Å². The molecule has 0 aliphatic heterocycles. The predicted molar refractivity (Wildman–Crippen MR) is 85.3 cm³/mol. The van der Waals surface area contributed by atoms with E-state index in [1.165, 1.54) is 44.1 Å². The molecule has 1 fully saturated rings. The Bertz CT molecular complexity index is 385. The van der Waals surface area contributed by atoms with Gasteiger partial charge in [-0.25, -0.2) is 0 Å². The Morgan fingerprint density at radius 1 is 1.25 bits per heavy atom. The van der Waals surface area contributed by atoms with Crippen molar-refractivity contribution in [2.75, 3.05) is 13.2 Å². The fourth-order valence-electron chi connectivity index (χ4n) is 3.12. The Labute approximate surface area is 123 Å². The van der Waals surface area contributed by atoms with Crippen LogP contribution in [0.2, 0.25) is 0 Å². The summed E-state index contributed by atoms with van der Waals surface area (Å²) in [5, 5.41) is 3.70. The molecule has 2 rings (SSSR count). The van der Waals surface area contributed by atoms with Crippen molar-refractivity contribution < 1.29 is 4.74 Å². The lowest BCUT2D eigenvalue weighted by Gasteiger charge is -2.31. The summed E-state index contributed by atoms with van der Waals surface area (Å²) < 4.78 is 6.04. The summed E-state index contributed by atoms with van der Waals surface area (Å²) in [6.45, 7) is 6.24. The maximum Gasteiger partial charge on any atom is 0.119 e. The zero-order valence-corrected chi connectivity index (χ0v) is 13.0. The summed E-state index contributed by atoms with van der Waals surface area (Å²) in [6.07, 6.45) is 8.10. The molecular formula is C18H29NO. The van der Waals surface area contributed by atoms with E-state index in [-0.39, 0.29) is 0 Å². The number of aryl methyl sites for hydroxylation is 1. The molecule has 1 saturated carbocycles. The second-order valence-electron chi connectivity index (χ2n) is 6.09. The Morgan fingerprint density at radius 3 is 2.75 bits per heavy atom. The first kappa shape index (κ1) is 15.4. The summed E-state index contributed by atoms with van der Waals surface area (Å²) in [4.78, 5) is 0. The molecule has 20 heavy (non-hydrogen) atoms. The molecule has 0 spiro atoms. The Morgan fingerprint density at radius 2 is 2.05 bits per heavy atom. The molecule has 1 aliphatic carbocycles. The molecule has 112 valence electrons. The van der Waals surface area contributed by atoms with E-state index in [1.54, 1.807) is 0 Å². The lowest BCUT2D eigenvalue weighted by molar-refractivity contribution is 0.186. The van der Waals surface area contributed by atoms with Gasteiger partial charge in [-0.15, -0.1) is 0 Å². The second kappa shape index (κ2) is 8.31. The Kier molecular flexibility index (Phi) is 6.38. The number of benzene rings is 1. The van der Waals surface area contributed by atoms with E-state index in [0.717, 1.165) is 24.8 Å². The first-order valence-corrected chi connectivity index (χ1v) is 8.22. The van der Waals surface area contributed by atoms with Gasteiger partial charge in [0.05, 0.1) is 0 Å². The molecule has 1 aromatic carbocycles. The molecular weight excluding hydrogens is 246 g/mol. The first-order chi connectivity index (χ1) is 9.79. The number of rotatable bonds is 7. The van der Waals surface area contributed by atoms with Crippen molar-refractivity contribution in [2.45, 2.75) is 58.4 Å². The number of nitrogens with one attached hydrogen (secondary N) is 1. The third-order valence-electron chi connectivity index (χ3n) is 4.29. The van der Waals surface area contributed by atoms with Gasteiger partial charge in [-0.3, -0.25) is 0 Å². The topological polar surface area (TPSA) is 21.3 Å². The number of hydrogen-bond donors (Lipinski definition) is 1. The molecule has 1 aliphatic rings. The van der Waals surface area contributed by atoms with Gasteiger partial charge >= 0.3 is 0 Å². The molecule has 1 unspecified atom stereocenters. The molecule has 0 aromatic heterocycles. The van der Waals surface area contributed by atoms with E-state index in [1.807, 2.05) is 0 Å². The highest BCUT2D eigenvalue weighted by Crippen LogP contribution is 2.27.